The monoisotopic (exact) mass is 203 g/mol. The van der Waals surface area contributed by atoms with Gasteiger partial charge in [-0.2, -0.15) is 5.10 Å². The number of nitrogens with zero attached hydrogens (tertiary/aromatic N) is 4. The highest BCUT2D eigenvalue weighted by Gasteiger charge is 2.10. The van der Waals surface area contributed by atoms with E-state index in [1.54, 1.807) is 16.9 Å². The first-order valence-electron chi connectivity index (χ1n) is 4.82. The van der Waals surface area contributed by atoms with Gasteiger partial charge in [-0.3, -0.25) is 4.68 Å². The van der Waals surface area contributed by atoms with E-state index in [1.165, 1.54) is 0 Å². The van der Waals surface area contributed by atoms with Gasteiger partial charge in [0.15, 0.2) is 5.82 Å². The van der Waals surface area contributed by atoms with Crippen molar-refractivity contribution in [3.8, 4) is 11.4 Å². The van der Waals surface area contributed by atoms with E-state index in [2.05, 4.69) is 22.0 Å². The normalized spacial score (nSPS) is 10.5. The Morgan fingerprint density at radius 2 is 2.27 bits per heavy atom. The van der Waals surface area contributed by atoms with Crippen LogP contribution in [0.15, 0.2) is 18.5 Å². The SMILES string of the molecule is CCc1nn(C)cc1-c1nccc(N)n1. The second-order valence-electron chi connectivity index (χ2n) is 3.32. The molecule has 0 spiro atoms. The molecule has 0 aliphatic carbocycles. The number of hydrogen-bond acceptors (Lipinski definition) is 4. The van der Waals surface area contributed by atoms with E-state index in [9.17, 15) is 0 Å². The number of nitrogens with two attached hydrogens (primary N) is 1. The summed E-state index contributed by atoms with van der Waals surface area (Å²) in [5, 5.41) is 4.33. The highest BCUT2D eigenvalue weighted by molar-refractivity contribution is 5.58. The Bertz CT molecular complexity index is 474. The van der Waals surface area contributed by atoms with Crippen LogP contribution in [-0.4, -0.2) is 19.7 Å². The molecule has 2 heterocycles. The summed E-state index contributed by atoms with van der Waals surface area (Å²) in [6.07, 6.45) is 4.42. The topological polar surface area (TPSA) is 69.6 Å². The third-order valence-corrected chi connectivity index (χ3v) is 2.16. The van der Waals surface area contributed by atoms with Crippen LogP contribution in [0.1, 0.15) is 12.6 Å². The summed E-state index contributed by atoms with van der Waals surface area (Å²) in [4.78, 5) is 8.37. The molecule has 0 unspecified atom stereocenters. The van der Waals surface area contributed by atoms with Gasteiger partial charge in [0, 0.05) is 19.4 Å². The molecular weight excluding hydrogens is 190 g/mol. The van der Waals surface area contributed by atoms with Gasteiger partial charge in [-0.05, 0) is 12.5 Å². The van der Waals surface area contributed by atoms with Crippen molar-refractivity contribution in [2.75, 3.05) is 5.73 Å². The summed E-state index contributed by atoms with van der Waals surface area (Å²) in [5.41, 5.74) is 7.56. The molecule has 2 rings (SSSR count). The average molecular weight is 203 g/mol. The van der Waals surface area contributed by atoms with E-state index in [4.69, 9.17) is 5.73 Å². The second-order valence-corrected chi connectivity index (χ2v) is 3.32. The molecule has 0 aliphatic rings. The van der Waals surface area contributed by atoms with Crippen molar-refractivity contribution in [1.29, 1.82) is 0 Å². The molecular formula is C10H13N5. The lowest BCUT2D eigenvalue weighted by Gasteiger charge is -1.98. The number of anilines is 1. The van der Waals surface area contributed by atoms with Gasteiger partial charge in [-0.15, -0.1) is 0 Å². The van der Waals surface area contributed by atoms with Crippen molar-refractivity contribution in [2.45, 2.75) is 13.3 Å². The van der Waals surface area contributed by atoms with Crippen LogP contribution < -0.4 is 5.73 Å². The third kappa shape index (κ3) is 1.81. The highest BCUT2D eigenvalue weighted by atomic mass is 15.3. The molecule has 0 atom stereocenters. The number of rotatable bonds is 2. The van der Waals surface area contributed by atoms with Gasteiger partial charge < -0.3 is 5.73 Å². The Balaban J connectivity index is 2.53. The van der Waals surface area contributed by atoms with Crippen molar-refractivity contribution < 1.29 is 0 Å². The summed E-state index contributed by atoms with van der Waals surface area (Å²) in [6, 6.07) is 1.67. The van der Waals surface area contributed by atoms with Gasteiger partial charge in [0.1, 0.15) is 5.82 Å². The molecule has 0 bridgehead atoms. The molecule has 5 nitrogen and oxygen atoms in total. The van der Waals surface area contributed by atoms with Crippen molar-refractivity contribution in [3.63, 3.8) is 0 Å². The minimum atomic E-state index is 0.478. The predicted molar refractivity (Wildman–Crippen MR) is 58.0 cm³/mol. The van der Waals surface area contributed by atoms with Crippen LogP contribution in [0.4, 0.5) is 5.82 Å². The molecule has 0 saturated heterocycles. The largest absolute Gasteiger partial charge is 0.384 e. The Hall–Kier alpha value is -1.91. The lowest BCUT2D eigenvalue weighted by atomic mass is 10.2. The zero-order valence-electron chi connectivity index (χ0n) is 8.81. The molecule has 0 amide bonds. The molecule has 2 N–H and O–H groups in total. The maximum absolute atomic E-state index is 5.62. The molecule has 15 heavy (non-hydrogen) atoms. The zero-order valence-corrected chi connectivity index (χ0v) is 8.81. The Morgan fingerprint density at radius 1 is 1.47 bits per heavy atom. The maximum Gasteiger partial charge on any atom is 0.164 e. The summed E-state index contributed by atoms with van der Waals surface area (Å²) >= 11 is 0. The Labute approximate surface area is 88.0 Å². The number of nitrogen functional groups attached to an aromatic ring is 1. The summed E-state index contributed by atoms with van der Waals surface area (Å²) in [5.74, 6) is 1.12. The second kappa shape index (κ2) is 3.68. The van der Waals surface area contributed by atoms with E-state index in [0.717, 1.165) is 17.7 Å². The average Bonchev–Trinajstić information content (AvgIpc) is 2.59. The fourth-order valence-electron chi connectivity index (χ4n) is 1.48. The smallest absolute Gasteiger partial charge is 0.164 e. The molecule has 5 heteroatoms. The van der Waals surface area contributed by atoms with Gasteiger partial charge in [-0.1, -0.05) is 6.92 Å². The first-order chi connectivity index (χ1) is 7.20. The minimum absolute atomic E-state index is 0.478. The molecule has 2 aromatic heterocycles. The Kier molecular flexibility index (Phi) is 2.37. The van der Waals surface area contributed by atoms with Crippen LogP contribution in [-0.2, 0) is 13.5 Å². The van der Waals surface area contributed by atoms with E-state index in [0.29, 0.717) is 11.6 Å². The number of aromatic nitrogens is 4. The van der Waals surface area contributed by atoms with Gasteiger partial charge in [-0.25, -0.2) is 9.97 Å². The van der Waals surface area contributed by atoms with E-state index >= 15 is 0 Å². The van der Waals surface area contributed by atoms with Crippen LogP contribution in [0, 0.1) is 0 Å². The van der Waals surface area contributed by atoms with Crippen molar-refractivity contribution in [3.05, 3.63) is 24.2 Å². The van der Waals surface area contributed by atoms with Crippen LogP contribution >= 0.6 is 0 Å². The predicted octanol–water partition coefficient (Wildman–Crippen LogP) is 1.02. The van der Waals surface area contributed by atoms with Crippen molar-refractivity contribution in [1.82, 2.24) is 19.7 Å². The molecule has 0 saturated carbocycles. The first-order valence-corrected chi connectivity index (χ1v) is 4.82. The summed E-state index contributed by atoms with van der Waals surface area (Å²) < 4.78 is 1.76. The molecule has 0 aliphatic heterocycles. The number of hydrogen-bond donors (Lipinski definition) is 1. The molecule has 78 valence electrons. The third-order valence-electron chi connectivity index (χ3n) is 2.16. The summed E-state index contributed by atoms with van der Waals surface area (Å²) in [7, 11) is 1.88. The van der Waals surface area contributed by atoms with Gasteiger partial charge >= 0.3 is 0 Å². The van der Waals surface area contributed by atoms with Gasteiger partial charge in [0.25, 0.3) is 0 Å². The van der Waals surface area contributed by atoms with Crippen LogP contribution in [0.25, 0.3) is 11.4 Å². The van der Waals surface area contributed by atoms with Crippen LogP contribution in [0.3, 0.4) is 0 Å². The standard InChI is InChI=1S/C10H13N5/c1-3-8-7(6-15(2)14-8)10-12-5-4-9(11)13-10/h4-6H,3H2,1-2H3,(H2,11,12,13). The minimum Gasteiger partial charge on any atom is -0.384 e. The first kappa shape index (κ1) is 9.64. The highest BCUT2D eigenvalue weighted by Crippen LogP contribution is 2.19. The molecule has 2 aromatic rings. The van der Waals surface area contributed by atoms with E-state index < -0.39 is 0 Å². The quantitative estimate of drug-likeness (QED) is 0.791. The van der Waals surface area contributed by atoms with Gasteiger partial charge in [0.2, 0.25) is 0 Å². The molecule has 0 fully saturated rings. The summed E-state index contributed by atoms with van der Waals surface area (Å²) in [6.45, 7) is 2.05. The van der Waals surface area contributed by atoms with Gasteiger partial charge in [0.05, 0.1) is 11.3 Å². The van der Waals surface area contributed by atoms with Crippen molar-refractivity contribution in [2.24, 2.45) is 7.05 Å². The fourth-order valence-corrected chi connectivity index (χ4v) is 1.48. The number of aryl methyl sites for hydroxylation is 2. The lowest BCUT2D eigenvalue weighted by molar-refractivity contribution is 0.746. The molecule has 0 aromatic carbocycles. The van der Waals surface area contributed by atoms with Crippen molar-refractivity contribution >= 4 is 5.82 Å². The zero-order chi connectivity index (χ0) is 10.8. The van der Waals surface area contributed by atoms with Crippen LogP contribution in [0.5, 0.6) is 0 Å². The maximum atomic E-state index is 5.62. The van der Waals surface area contributed by atoms with E-state index in [-0.39, 0.29) is 0 Å². The lowest BCUT2D eigenvalue weighted by Crippen LogP contribution is -1.95. The fraction of sp³-hybridized carbons (Fsp3) is 0.300. The molecule has 0 radical (unpaired) electrons. The Morgan fingerprint density at radius 3 is 2.93 bits per heavy atom. The van der Waals surface area contributed by atoms with Crippen LogP contribution in [0.2, 0.25) is 0 Å². The van der Waals surface area contributed by atoms with E-state index in [1.807, 2.05) is 13.2 Å².